The van der Waals surface area contributed by atoms with Crippen LogP contribution in [-0.4, -0.2) is 32.2 Å². The van der Waals surface area contributed by atoms with E-state index < -0.39 is 35.6 Å². The largest absolute Gasteiger partial charge is 1.00 e. The molecule has 0 atom stereocenters. The molecule has 0 unspecified atom stereocenters. The molecule has 0 fully saturated rings. The molecule has 0 N–H and O–H groups in total. The zero-order valence-corrected chi connectivity index (χ0v) is 15.1. The molecule has 88 valence electrons. The van der Waals surface area contributed by atoms with E-state index in [0.717, 1.165) is 12.1 Å². The Kier molecular flexibility index (Phi) is 8.73. The average molecular weight is 312 g/mol. The summed E-state index contributed by atoms with van der Waals surface area (Å²) in [4.78, 5) is 8.49. The zero-order chi connectivity index (χ0) is 12.6. The maximum absolute atomic E-state index is 10.7. The van der Waals surface area contributed by atoms with E-state index in [1.54, 1.807) is 0 Å². The van der Waals surface area contributed by atoms with Crippen LogP contribution >= 0.6 is 0 Å². The topological polar surface area (TPSA) is 131 Å². The summed E-state index contributed by atoms with van der Waals surface area (Å²) in [6.45, 7) is 0. The molecule has 0 bridgehead atoms. The van der Waals surface area contributed by atoms with Crippen LogP contribution in [0.5, 0.6) is 0 Å². The van der Waals surface area contributed by atoms with Gasteiger partial charge in [0, 0.05) is 5.56 Å². The molecule has 0 saturated heterocycles. The third kappa shape index (κ3) is 5.37. The minimum atomic E-state index is -5.01. The van der Waals surface area contributed by atoms with Crippen molar-refractivity contribution in [3.8, 4) is 0 Å². The van der Waals surface area contributed by atoms with Gasteiger partial charge in [-0.15, -0.1) is 0 Å². The van der Waals surface area contributed by atoms with Gasteiger partial charge in [0.1, 0.15) is 20.2 Å². The summed E-state index contributed by atoms with van der Waals surface area (Å²) in [5, 5.41) is 0. The van der Waals surface area contributed by atoms with Crippen LogP contribution in [0, 0.1) is 0 Å². The Labute approximate surface area is 148 Å². The van der Waals surface area contributed by atoms with E-state index in [0.29, 0.717) is 6.07 Å². The molecule has 0 saturated carbocycles. The zero-order valence-electron chi connectivity index (χ0n) is 9.48. The predicted octanol–water partition coefficient (Wildman–Crippen LogP) is -6.68. The first-order valence-electron chi connectivity index (χ1n) is 3.67. The van der Waals surface area contributed by atoms with E-state index >= 15 is 0 Å². The Morgan fingerprint density at radius 3 is 1.78 bits per heavy atom. The van der Waals surface area contributed by atoms with Crippen LogP contribution < -0.4 is 59.1 Å². The summed E-state index contributed by atoms with van der Waals surface area (Å²) >= 11 is 0. The van der Waals surface area contributed by atoms with Gasteiger partial charge in [-0.3, -0.25) is 4.79 Å². The van der Waals surface area contributed by atoms with Crippen molar-refractivity contribution in [1.29, 1.82) is 0 Å². The summed E-state index contributed by atoms with van der Waals surface area (Å²) in [5.74, 6) is 0. The average Bonchev–Trinajstić information content (AvgIpc) is 2.14. The quantitative estimate of drug-likeness (QED) is 0.308. The normalized spacial score (nSPS) is 11.0. The van der Waals surface area contributed by atoms with Gasteiger partial charge in [-0.25, -0.2) is 16.8 Å². The molecule has 18 heavy (non-hydrogen) atoms. The van der Waals surface area contributed by atoms with Crippen molar-refractivity contribution in [1.82, 2.24) is 0 Å². The minimum absolute atomic E-state index is 0. The maximum atomic E-state index is 10.7. The van der Waals surface area contributed by atoms with Gasteiger partial charge in [-0.05, 0) is 18.2 Å². The summed E-state index contributed by atoms with van der Waals surface area (Å²) in [6.07, 6.45) is 0.0754. The van der Waals surface area contributed by atoms with E-state index in [1.807, 2.05) is 0 Å². The maximum Gasteiger partial charge on any atom is 1.00 e. The Hall–Kier alpha value is 0.710. The van der Waals surface area contributed by atoms with Crippen molar-refractivity contribution in [2.75, 3.05) is 0 Å². The number of hydrogen-bond acceptors (Lipinski definition) is 7. The van der Waals surface area contributed by atoms with Crippen molar-refractivity contribution in [3.05, 3.63) is 23.8 Å². The van der Waals surface area contributed by atoms with Crippen molar-refractivity contribution in [3.63, 3.8) is 0 Å². The second-order valence-corrected chi connectivity index (χ2v) is 5.45. The molecule has 0 spiro atoms. The molecule has 0 aliphatic rings. The number of hydrogen-bond donors (Lipinski definition) is 0. The van der Waals surface area contributed by atoms with Crippen LogP contribution in [0.2, 0.25) is 0 Å². The molecule has 0 aliphatic carbocycles. The fraction of sp³-hybridized carbons (Fsp3) is 0. The first-order chi connectivity index (χ1) is 7.16. The van der Waals surface area contributed by atoms with Crippen LogP contribution in [0.4, 0.5) is 0 Å². The predicted molar refractivity (Wildman–Crippen MR) is 47.8 cm³/mol. The first-order valence-corrected chi connectivity index (χ1v) is 6.49. The van der Waals surface area contributed by atoms with Crippen molar-refractivity contribution >= 4 is 26.5 Å². The molecule has 0 aliphatic heterocycles. The van der Waals surface area contributed by atoms with Crippen LogP contribution in [0.15, 0.2) is 28.0 Å². The second kappa shape index (κ2) is 7.48. The number of aldehydes is 1. The number of carbonyl (C=O) groups is 1. The number of benzene rings is 1. The summed E-state index contributed by atoms with van der Waals surface area (Å²) in [5.41, 5.74) is -0.498. The Balaban J connectivity index is 0. The van der Waals surface area contributed by atoms with Gasteiger partial charge in [-0.1, -0.05) is 0 Å². The van der Waals surface area contributed by atoms with E-state index in [9.17, 15) is 30.7 Å². The van der Waals surface area contributed by atoms with Gasteiger partial charge in [0.25, 0.3) is 0 Å². The first kappa shape index (κ1) is 21.0. The molecule has 1 aromatic carbocycles. The third-order valence-corrected chi connectivity index (χ3v) is 3.39. The van der Waals surface area contributed by atoms with E-state index in [2.05, 4.69) is 0 Å². The van der Waals surface area contributed by atoms with Crippen LogP contribution in [0.3, 0.4) is 0 Å². The summed E-state index contributed by atoms with van der Waals surface area (Å²) in [7, 11) is -9.89. The van der Waals surface area contributed by atoms with Gasteiger partial charge in [0.05, 0.1) is 9.79 Å². The molecule has 0 amide bonds. The molecular weight excluding hydrogens is 308 g/mol. The van der Waals surface area contributed by atoms with Crippen LogP contribution in [-0.2, 0) is 20.2 Å². The third-order valence-electron chi connectivity index (χ3n) is 1.67. The molecule has 0 heterocycles. The van der Waals surface area contributed by atoms with E-state index in [4.69, 9.17) is 0 Å². The Bertz CT molecular complexity index is 636. The molecule has 11 heteroatoms. The molecule has 0 aromatic heterocycles. The van der Waals surface area contributed by atoms with Crippen molar-refractivity contribution in [2.45, 2.75) is 9.79 Å². The molecular formula is C7H4Na2O7S2. The second-order valence-electron chi connectivity index (χ2n) is 2.73. The minimum Gasteiger partial charge on any atom is -0.744 e. The van der Waals surface area contributed by atoms with Crippen molar-refractivity contribution in [2.24, 2.45) is 0 Å². The fourth-order valence-corrected chi connectivity index (χ4v) is 2.23. The summed E-state index contributed by atoms with van der Waals surface area (Å²) in [6, 6.07) is 1.90. The van der Waals surface area contributed by atoms with Crippen LogP contribution in [0.1, 0.15) is 10.4 Å². The molecule has 1 rings (SSSR count). The van der Waals surface area contributed by atoms with Gasteiger partial charge in [0.15, 0.2) is 6.29 Å². The van der Waals surface area contributed by atoms with Crippen molar-refractivity contribution < 1.29 is 89.9 Å². The SMILES string of the molecule is O=[14CH]c1ccc(S(=O)(=O)[O-])cc1S(=O)(=O)[O-].[Na+].[Na+]. The molecule has 7 nitrogen and oxygen atoms in total. The smallest absolute Gasteiger partial charge is 0.744 e. The number of rotatable bonds is 3. The van der Waals surface area contributed by atoms with Gasteiger partial charge in [0.2, 0.25) is 0 Å². The Morgan fingerprint density at radius 2 is 1.44 bits per heavy atom. The van der Waals surface area contributed by atoms with E-state index in [-0.39, 0.29) is 65.4 Å². The van der Waals surface area contributed by atoms with E-state index in [1.165, 1.54) is 0 Å². The van der Waals surface area contributed by atoms with Crippen LogP contribution in [0.25, 0.3) is 0 Å². The number of carbonyl (C=O) groups excluding carboxylic acids is 1. The monoisotopic (exact) mass is 312 g/mol. The fourth-order valence-electron chi connectivity index (χ4n) is 0.984. The molecule has 0 radical (unpaired) electrons. The van der Waals surface area contributed by atoms with Gasteiger partial charge >= 0.3 is 59.1 Å². The summed E-state index contributed by atoms with van der Waals surface area (Å²) < 4.78 is 63.8. The van der Waals surface area contributed by atoms with Gasteiger partial charge in [-0.2, -0.15) is 0 Å². The standard InChI is InChI=1S/C7H6O7S2.2Na/c8-4-5-1-2-6(15(9,10)11)3-7(5)16(12,13)14;;/h1-4H,(H,9,10,11)(H,12,13,14);;/q;2*+1/p-2/i4+2;;. The Morgan fingerprint density at radius 1 is 0.944 bits per heavy atom. The van der Waals surface area contributed by atoms with Gasteiger partial charge < -0.3 is 9.11 Å². The molecule has 1 aromatic rings.